The Morgan fingerprint density at radius 2 is 2.12 bits per heavy atom. The normalized spacial score (nSPS) is 10.6. The molecular weight excluding hydrogens is 232 g/mol. The van der Waals surface area contributed by atoms with Gasteiger partial charge in [-0.05, 0) is 23.6 Å². The molecule has 0 saturated heterocycles. The van der Waals surface area contributed by atoms with Crippen LogP contribution >= 0.6 is 11.3 Å². The predicted molar refractivity (Wildman–Crippen MR) is 69.1 cm³/mol. The standard InChI is InChI=1S/C12H10N4S/c13-12-4-3-9(6-14-12)16-7-10(15-8-16)11-2-1-5-17-11/h1-8H,(H2,13,14). The molecule has 0 aliphatic carbocycles. The number of thiophene rings is 1. The van der Waals surface area contributed by atoms with Crippen LogP contribution in [0.25, 0.3) is 16.3 Å². The lowest BCUT2D eigenvalue weighted by Gasteiger charge is -2.00. The first-order valence-corrected chi connectivity index (χ1v) is 6.01. The molecule has 3 rings (SSSR count). The Morgan fingerprint density at radius 1 is 1.18 bits per heavy atom. The summed E-state index contributed by atoms with van der Waals surface area (Å²) in [5.41, 5.74) is 7.48. The van der Waals surface area contributed by atoms with Crippen molar-refractivity contribution in [2.24, 2.45) is 0 Å². The lowest BCUT2D eigenvalue weighted by atomic mass is 10.3. The van der Waals surface area contributed by atoms with Crippen molar-refractivity contribution < 1.29 is 0 Å². The molecule has 0 spiro atoms. The molecule has 84 valence electrons. The van der Waals surface area contributed by atoms with Gasteiger partial charge < -0.3 is 10.3 Å². The van der Waals surface area contributed by atoms with Crippen molar-refractivity contribution in [3.8, 4) is 16.3 Å². The molecule has 0 aliphatic heterocycles. The van der Waals surface area contributed by atoms with Gasteiger partial charge in [-0.3, -0.25) is 0 Å². The van der Waals surface area contributed by atoms with Crippen LogP contribution in [0.5, 0.6) is 0 Å². The Bertz CT molecular complexity index is 610. The molecule has 0 atom stereocenters. The number of hydrogen-bond donors (Lipinski definition) is 1. The van der Waals surface area contributed by atoms with Gasteiger partial charge in [0.05, 0.1) is 28.8 Å². The number of nitrogen functional groups attached to an aromatic ring is 1. The van der Waals surface area contributed by atoms with E-state index in [0.29, 0.717) is 5.82 Å². The van der Waals surface area contributed by atoms with E-state index in [0.717, 1.165) is 16.3 Å². The fourth-order valence-corrected chi connectivity index (χ4v) is 2.25. The van der Waals surface area contributed by atoms with Gasteiger partial charge in [-0.1, -0.05) is 6.07 Å². The van der Waals surface area contributed by atoms with Gasteiger partial charge in [0.25, 0.3) is 0 Å². The third-order valence-corrected chi connectivity index (χ3v) is 3.32. The highest BCUT2D eigenvalue weighted by Gasteiger charge is 2.04. The van der Waals surface area contributed by atoms with E-state index in [4.69, 9.17) is 5.73 Å². The highest BCUT2D eigenvalue weighted by Crippen LogP contribution is 2.23. The smallest absolute Gasteiger partial charge is 0.123 e. The molecule has 2 N–H and O–H groups in total. The molecule has 0 bridgehead atoms. The van der Waals surface area contributed by atoms with Crippen LogP contribution in [0.15, 0.2) is 48.4 Å². The van der Waals surface area contributed by atoms with Gasteiger partial charge in [0.2, 0.25) is 0 Å². The molecule has 4 nitrogen and oxygen atoms in total. The van der Waals surface area contributed by atoms with Crippen LogP contribution in [0.3, 0.4) is 0 Å². The maximum absolute atomic E-state index is 5.55. The molecule has 0 saturated carbocycles. The Kier molecular flexibility index (Phi) is 2.38. The highest BCUT2D eigenvalue weighted by atomic mass is 32.1. The minimum absolute atomic E-state index is 0.521. The summed E-state index contributed by atoms with van der Waals surface area (Å²) in [6.45, 7) is 0. The van der Waals surface area contributed by atoms with Crippen molar-refractivity contribution >= 4 is 17.2 Å². The fraction of sp³-hybridized carbons (Fsp3) is 0. The van der Waals surface area contributed by atoms with E-state index in [2.05, 4.69) is 16.0 Å². The topological polar surface area (TPSA) is 56.7 Å². The molecule has 3 aromatic rings. The lowest BCUT2D eigenvalue weighted by molar-refractivity contribution is 1.04. The SMILES string of the molecule is Nc1ccc(-n2cnc(-c3cccs3)c2)cn1. The first-order chi connectivity index (χ1) is 8.33. The van der Waals surface area contributed by atoms with Gasteiger partial charge in [-0.15, -0.1) is 11.3 Å². The van der Waals surface area contributed by atoms with Crippen molar-refractivity contribution in [2.45, 2.75) is 0 Å². The summed E-state index contributed by atoms with van der Waals surface area (Å²) in [6.07, 6.45) is 5.50. The second kappa shape index (κ2) is 4.03. The minimum atomic E-state index is 0.521. The quantitative estimate of drug-likeness (QED) is 0.751. The monoisotopic (exact) mass is 242 g/mol. The van der Waals surface area contributed by atoms with Crippen molar-refractivity contribution in [3.05, 3.63) is 48.4 Å². The van der Waals surface area contributed by atoms with E-state index in [9.17, 15) is 0 Å². The molecule has 3 aromatic heterocycles. The van der Waals surface area contributed by atoms with E-state index in [1.807, 2.05) is 28.3 Å². The summed E-state index contributed by atoms with van der Waals surface area (Å²) in [6, 6.07) is 7.77. The van der Waals surface area contributed by atoms with Crippen molar-refractivity contribution in [1.29, 1.82) is 0 Å². The average Bonchev–Trinajstić information content (AvgIpc) is 3.00. The Morgan fingerprint density at radius 3 is 2.82 bits per heavy atom. The van der Waals surface area contributed by atoms with Crippen LogP contribution in [0.2, 0.25) is 0 Å². The largest absolute Gasteiger partial charge is 0.384 e. The van der Waals surface area contributed by atoms with Gasteiger partial charge in [0.1, 0.15) is 5.82 Å². The molecule has 5 heteroatoms. The van der Waals surface area contributed by atoms with Crippen LogP contribution in [-0.2, 0) is 0 Å². The molecule has 0 amide bonds. The number of imidazole rings is 1. The lowest BCUT2D eigenvalue weighted by Crippen LogP contribution is -1.93. The number of anilines is 1. The summed E-state index contributed by atoms with van der Waals surface area (Å²) >= 11 is 1.68. The van der Waals surface area contributed by atoms with Gasteiger partial charge >= 0.3 is 0 Å². The molecule has 17 heavy (non-hydrogen) atoms. The average molecular weight is 242 g/mol. The summed E-state index contributed by atoms with van der Waals surface area (Å²) in [5, 5.41) is 2.04. The zero-order valence-corrected chi connectivity index (χ0v) is 9.76. The van der Waals surface area contributed by atoms with Crippen LogP contribution < -0.4 is 5.73 Å². The van der Waals surface area contributed by atoms with E-state index in [-0.39, 0.29) is 0 Å². The first kappa shape index (κ1) is 10.0. The van der Waals surface area contributed by atoms with E-state index in [1.165, 1.54) is 0 Å². The molecular formula is C12H10N4S. The number of aromatic nitrogens is 3. The first-order valence-electron chi connectivity index (χ1n) is 5.13. The zero-order valence-electron chi connectivity index (χ0n) is 8.95. The third-order valence-electron chi connectivity index (χ3n) is 2.43. The van der Waals surface area contributed by atoms with Gasteiger partial charge in [-0.2, -0.15) is 0 Å². The maximum atomic E-state index is 5.55. The number of hydrogen-bond acceptors (Lipinski definition) is 4. The maximum Gasteiger partial charge on any atom is 0.123 e. The Hall–Kier alpha value is -2.14. The molecule has 0 aliphatic rings. The van der Waals surface area contributed by atoms with Crippen LogP contribution in [0.1, 0.15) is 0 Å². The second-order valence-electron chi connectivity index (χ2n) is 3.58. The number of rotatable bonds is 2. The van der Waals surface area contributed by atoms with Crippen LogP contribution in [0, 0.1) is 0 Å². The second-order valence-corrected chi connectivity index (χ2v) is 4.53. The minimum Gasteiger partial charge on any atom is -0.384 e. The third kappa shape index (κ3) is 1.92. The number of nitrogens with two attached hydrogens (primary N) is 1. The summed E-state index contributed by atoms with van der Waals surface area (Å²) in [4.78, 5) is 9.59. The van der Waals surface area contributed by atoms with Gasteiger partial charge in [0.15, 0.2) is 0 Å². The molecule has 3 heterocycles. The fourth-order valence-electron chi connectivity index (χ4n) is 1.57. The highest BCUT2D eigenvalue weighted by molar-refractivity contribution is 7.13. The van der Waals surface area contributed by atoms with E-state index >= 15 is 0 Å². The summed E-state index contributed by atoms with van der Waals surface area (Å²) < 4.78 is 1.93. The van der Waals surface area contributed by atoms with Crippen molar-refractivity contribution in [2.75, 3.05) is 5.73 Å². The number of nitrogens with zero attached hydrogens (tertiary/aromatic N) is 3. The number of pyridine rings is 1. The van der Waals surface area contributed by atoms with Crippen molar-refractivity contribution in [1.82, 2.24) is 14.5 Å². The van der Waals surface area contributed by atoms with E-state index < -0.39 is 0 Å². The summed E-state index contributed by atoms with van der Waals surface area (Å²) in [5.74, 6) is 0.521. The Balaban J connectivity index is 1.98. The van der Waals surface area contributed by atoms with Crippen molar-refractivity contribution in [3.63, 3.8) is 0 Å². The summed E-state index contributed by atoms with van der Waals surface area (Å²) in [7, 11) is 0. The van der Waals surface area contributed by atoms with Gasteiger partial charge in [0, 0.05) is 6.20 Å². The Labute approximate surface area is 102 Å². The molecule has 0 unspecified atom stereocenters. The van der Waals surface area contributed by atoms with E-state index in [1.54, 1.807) is 29.9 Å². The molecule has 0 aromatic carbocycles. The molecule has 0 fully saturated rings. The molecule has 0 radical (unpaired) electrons. The van der Waals surface area contributed by atoms with Crippen LogP contribution in [0.4, 0.5) is 5.82 Å². The van der Waals surface area contributed by atoms with Crippen LogP contribution in [-0.4, -0.2) is 14.5 Å². The zero-order chi connectivity index (χ0) is 11.7. The van der Waals surface area contributed by atoms with Gasteiger partial charge in [-0.25, -0.2) is 9.97 Å². The predicted octanol–water partition coefficient (Wildman–Crippen LogP) is 2.58.